The molecule has 4 heteroatoms. The second-order valence-corrected chi connectivity index (χ2v) is 13.4. The quantitative estimate of drug-likeness (QED) is 0.494. The Balaban J connectivity index is 5.57. The molecule has 4 nitrogen and oxygen atoms in total. The van der Waals surface area contributed by atoms with E-state index in [2.05, 4.69) is 88.0 Å². The molecule has 0 atom stereocenters. The third-order valence-electron chi connectivity index (χ3n) is 5.53. The van der Waals surface area contributed by atoms with E-state index in [4.69, 9.17) is 17.2 Å². The van der Waals surface area contributed by atoms with Gasteiger partial charge in [0.15, 0.2) is 0 Å². The maximum atomic E-state index is 6.53. The van der Waals surface area contributed by atoms with Gasteiger partial charge in [-0.15, -0.1) is 0 Å². The minimum atomic E-state index is -0.250. The van der Waals surface area contributed by atoms with E-state index in [1.54, 1.807) is 0 Å². The van der Waals surface area contributed by atoms with Gasteiger partial charge in [-0.05, 0) is 70.6 Å². The summed E-state index contributed by atoms with van der Waals surface area (Å²) >= 11 is 0. The molecule has 0 saturated heterocycles. The van der Waals surface area contributed by atoms with Crippen LogP contribution >= 0.6 is 0 Å². The lowest BCUT2D eigenvalue weighted by molar-refractivity contribution is 0.0432. The molecule has 6 N–H and O–H groups in total. The van der Waals surface area contributed by atoms with Gasteiger partial charge in [-0.1, -0.05) is 41.5 Å². The van der Waals surface area contributed by atoms with Crippen molar-refractivity contribution in [1.82, 2.24) is 4.90 Å². The summed E-state index contributed by atoms with van der Waals surface area (Å²) in [4.78, 5) is 2.60. The molecule has 0 rings (SSSR count). The Bertz CT molecular complexity index is 426. The van der Waals surface area contributed by atoms with Gasteiger partial charge in [-0.3, -0.25) is 0 Å². The lowest BCUT2D eigenvalue weighted by Crippen LogP contribution is -2.56. The van der Waals surface area contributed by atoms with Gasteiger partial charge in [0.25, 0.3) is 0 Å². The van der Waals surface area contributed by atoms with Crippen molar-refractivity contribution in [3.63, 3.8) is 0 Å². The maximum absolute atomic E-state index is 6.53. The first-order valence-electron chi connectivity index (χ1n) is 10.5. The van der Waals surface area contributed by atoms with E-state index in [0.717, 1.165) is 32.5 Å². The molecule has 0 amide bonds. The van der Waals surface area contributed by atoms with Crippen LogP contribution in [0.4, 0.5) is 0 Å². The Kier molecular flexibility index (Phi) is 8.25. The number of hydrogen-bond acceptors (Lipinski definition) is 4. The maximum Gasteiger partial charge on any atom is 0.0161 e. The van der Waals surface area contributed by atoms with Crippen molar-refractivity contribution in [1.29, 1.82) is 0 Å². The second-order valence-electron chi connectivity index (χ2n) is 13.4. The fraction of sp³-hybridized carbons (Fsp3) is 1.00. The molecule has 0 aromatic rings. The predicted octanol–water partition coefficient (Wildman–Crippen LogP) is 4.36. The minimum absolute atomic E-state index is 0.00434. The van der Waals surface area contributed by atoms with E-state index in [9.17, 15) is 0 Å². The highest BCUT2D eigenvalue weighted by Crippen LogP contribution is 2.35. The predicted molar refractivity (Wildman–Crippen MR) is 122 cm³/mol. The molecular weight excluding hydrogens is 332 g/mol. The number of rotatable bonds is 11. The molecule has 164 valence electrons. The highest BCUT2D eigenvalue weighted by molar-refractivity contribution is 4.95. The normalized spacial score (nSPS) is 15.6. The van der Waals surface area contributed by atoms with E-state index in [1.807, 2.05) is 0 Å². The lowest BCUT2D eigenvalue weighted by atomic mass is 9.73. The molecule has 0 aliphatic carbocycles. The van der Waals surface area contributed by atoms with Crippen molar-refractivity contribution in [2.24, 2.45) is 33.4 Å². The summed E-state index contributed by atoms with van der Waals surface area (Å²) in [5.41, 5.74) is 18.9. The van der Waals surface area contributed by atoms with E-state index in [0.29, 0.717) is 0 Å². The highest BCUT2D eigenvalue weighted by atomic mass is 15.2. The first kappa shape index (κ1) is 26.8. The van der Waals surface area contributed by atoms with Crippen molar-refractivity contribution in [3.05, 3.63) is 0 Å². The van der Waals surface area contributed by atoms with Crippen LogP contribution in [0.5, 0.6) is 0 Å². The molecule has 0 aromatic heterocycles. The van der Waals surface area contributed by atoms with Crippen LogP contribution < -0.4 is 17.2 Å². The van der Waals surface area contributed by atoms with E-state index >= 15 is 0 Å². The first-order chi connectivity index (χ1) is 11.4. The molecule has 0 fully saturated rings. The lowest BCUT2D eigenvalue weighted by Gasteiger charge is -2.47. The molecule has 0 spiro atoms. The van der Waals surface area contributed by atoms with Gasteiger partial charge in [0.2, 0.25) is 0 Å². The van der Waals surface area contributed by atoms with Gasteiger partial charge in [-0.2, -0.15) is 0 Å². The van der Waals surface area contributed by atoms with E-state index < -0.39 is 0 Å². The second kappa shape index (κ2) is 8.30. The summed E-state index contributed by atoms with van der Waals surface area (Å²) in [6.07, 6.45) is 1.96. The number of hydrogen-bond donors (Lipinski definition) is 3. The van der Waals surface area contributed by atoms with E-state index in [-0.39, 0.29) is 32.9 Å². The molecule has 0 aliphatic rings. The van der Waals surface area contributed by atoms with Gasteiger partial charge in [0.05, 0.1) is 0 Å². The van der Waals surface area contributed by atoms with Crippen LogP contribution in [0.2, 0.25) is 0 Å². The standard InChI is InChI=1S/C23H52N4/c1-18(2,13-21(7,8)24)15-27(17-20(5,6)23(11,12)26)16-19(3,4)14-22(9,10)25/h13-17,24-26H2,1-12H3. The monoisotopic (exact) mass is 384 g/mol. The fourth-order valence-corrected chi connectivity index (χ4v) is 4.72. The average Bonchev–Trinajstić information content (AvgIpc) is 2.15. The Morgan fingerprint density at radius 3 is 1.04 bits per heavy atom. The summed E-state index contributed by atoms with van der Waals surface area (Å²) in [7, 11) is 0. The SMILES string of the molecule is CC(C)(N)CC(C)(C)CN(CC(C)(C)CC(C)(C)N)CC(C)(C)C(C)(C)N. The number of nitrogens with zero attached hydrogens (tertiary/aromatic N) is 1. The van der Waals surface area contributed by atoms with Crippen molar-refractivity contribution >= 4 is 0 Å². The highest BCUT2D eigenvalue weighted by Gasteiger charge is 2.39. The smallest absolute Gasteiger partial charge is 0.0161 e. The third kappa shape index (κ3) is 11.4. The van der Waals surface area contributed by atoms with Gasteiger partial charge < -0.3 is 22.1 Å². The topological polar surface area (TPSA) is 81.3 Å². The summed E-state index contributed by atoms with van der Waals surface area (Å²) in [6, 6.07) is 0. The van der Waals surface area contributed by atoms with Crippen molar-refractivity contribution in [3.8, 4) is 0 Å². The largest absolute Gasteiger partial charge is 0.326 e. The zero-order chi connectivity index (χ0) is 22.1. The Morgan fingerprint density at radius 2 is 0.815 bits per heavy atom. The Hall–Kier alpha value is -0.160. The molecule has 0 heterocycles. The molecule has 0 saturated carbocycles. The zero-order valence-electron chi connectivity index (χ0n) is 20.7. The first-order valence-corrected chi connectivity index (χ1v) is 10.5. The molecule has 0 radical (unpaired) electrons. The van der Waals surface area contributed by atoms with Crippen LogP contribution in [0.1, 0.15) is 95.9 Å². The zero-order valence-corrected chi connectivity index (χ0v) is 20.7. The summed E-state index contributed by atoms with van der Waals surface area (Å²) < 4.78 is 0. The Morgan fingerprint density at radius 1 is 0.519 bits per heavy atom. The van der Waals surface area contributed by atoms with Crippen molar-refractivity contribution < 1.29 is 0 Å². The molecule has 0 unspecified atom stereocenters. The van der Waals surface area contributed by atoms with Crippen LogP contribution in [-0.2, 0) is 0 Å². The van der Waals surface area contributed by atoms with Crippen molar-refractivity contribution in [2.45, 2.75) is 113 Å². The third-order valence-corrected chi connectivity index (χ3v) is 5.53. The summed E-state index contributed by atoms with van der Waals surface area (Å²) in [5, 5.41) is 0. The minimum Gasteiger partial charge on any atom is -0.326 e. The van der Waals surface area contributed by atoms with Gasteiger partial charge in [-0.25, -0.2) is 0 Å². The van der Waals surface area contributed by atoms with Gasteiger partial charge in [0, 0.05) is 36.3 Å². The summed E-state index contributed by atoms with van der Waals surface area (Å²) in [6.45, 7) is 29.6. The van der Waals surface area contributed by atoms with Crippen molar-refractivity contribution in [2.75, 3.05) is 19.6 Å². The molecule has 27 heavy (non-hydrogen) atoms. The van der Waals surface area contributed by atoms with Gasteiger partial charge in [0.1, 0.15) is 0 Å². The molecule has 0 bridgehead atoms. The summed E-state index contributed by atoms with van der Waals surface area (Å²) in [5.74, 6) is 0. The van der Waals surface area contributed by atoms with Gasteiger partial charge >= 0.3 is 0 Å². The molecular formula is C23H52N4. The van der Waals surface area contributed by atoms with Crippen LogP contribution in [0.15, 0.2) is 0 Å². The van der Waals surface area contributed by atoms with Crippen LogP contribution in [0.25, 0.3) is 0 Å². The van der Waals surface area contributed by atoms with Crippen LogP contribution in [0, 0.1) is 16.2 Å². The Labute approximate surface area is 171 Å². The van der Waals surface area contributed by atoms with E-state index in [1.165, 1.54) is 0 Å². The van der Waals surface area contributed by atoms with Crippen LogP contribution in [0.3, 0.4) is 0 Å². The number of nitrogens with two attached hydrogens (primary N) is 3. The van der Waals surface area contributed by atoms with Crippen LogP contribution in [-0.4, -0.2) is 41.2 Å². The average molecular weight is 385 g/mol. The molecule has 0 aliphatic heterocycles. The fourth-order valence-electron chi connectivity index (χ4n) is 4.72. The molecule has 0 aromatic carbocycles.